The number of carbonyl (C=O) groups excluding carboxylic acids is 1. The molecule has 0 aliphatic carbocycles. The summed E-state index contributed by atoms with van der Waals surface area (Å²) in [6.45, 7) is 1.72. The highest BCUT2D eigenvalue weighted by molar-refractivity contribution is 9.11. The van der Waals surface area contributed by atoms with Gasteiger partial charge in [0.1, 0.15) is 0 Å². The summed E-state index contributed by atoms with van der Waals surface area (Å²) >= 11 is 6.67. The Morgan fingerprint density at radius 2 is 1.56 bits per heavy atom. The number of piperazine rings is 1. The van der Waals surface area contributed by atoms with Crippen LogP contribution in [0.5, 0.6) is 0 Å². The lowest BCUT2D eigenvalue weighted by molar-refractivity contribution is 0.172. The third-order valence-electron chi connectivity index (χ3n) is 5.76. The van der Waals surface area contributed by atoms with Gasteiger partial charge >= 0.3 is 6.03 Å². The average Bonchev–Trinajstić information content (AvgIpc) is 2.86. The molecule has 0 aromatic heterocycles. The van der Waals surface area contributed by atoms with Crippen molar-refractivity contribution in [2.45, 2.75) is 11.3 Å². The third kappa shape index (κ3) is 5.89. The molecule has 1 heterocycles. The van der Waals surface area contributed by atoms with Gasteiger partial charge in [0.25, 0.3) is 0 Å². The molecule has 0 atom stereocenters. The summed E-state index contributed by atoms with van der Waals surface area (Å²) < 4.78 is 28.7. The number of carbonyl (C=O) groups is 1. The molecule has 9 heteroatoms. The highest BCUT2D eigenvalue weighted by Gasteiger charge is 2.31. The fourth-order valence-corrected chi connectivity index (χ4v) is 6.79. The zero-order chi connectivity index (χ0) is 24.1. The Morgan fingerprint density at radius 1 is 0.853 bits per heavy atom. The van der Waals surface area contributed by atoms with E-state index < -0.39 is 10.0 Å². The zero-order valence-corrected chi connectivity index (χ0v) is 22.4. The van der Waals surface area contributed by atoms with Crippen LogP contribution in [0.1, 0.15) is 5.56 Å². The van der Waals surface area contributed by atoms with Crippen LogP contribution in [0.2, 0.25) is 0 Å². The fourth-order valence-electron chi connectivity index (χ4n) is 3.91. The highest BCUT2D eigenvalue weighted by Crippen LogP contribution is 2.29. The summed E-state index contributed by atoms with van der Waals surface area (Å²) in [5.74, 6) is 0. The zero-order valence-electron chi connectivity index (χ0n) is 18.5. The number of hydrogen-bond donors (Lipinski definition) is 1. The maximum absolute atomic E-state index is 13.1. The third-order valence-corrected chi connectivity index (χ3v) is 9.15. The molecule has 0 spiro atoms. The monoisotopic (exact) mass is 605 g/mol. The van der Waals surface area contributed by atoms with E-state index in [0.717, 1.165) is 23.1 Å². The van der Waals surface area contributed by atoms with E-state index in [-0.39, 0.29) is 24.0 Å². The van der Waals surface area contributed by atoms with E-state index >= 15 is 0 Å². The highest BCUT2D eigenvalue weighted by atomic mass is 79.9. The Hall–Kier alpha value is -2.20. The molecule has 1 N–H and O–H groups in total. The topological polar surface area (TPSA) is 69.7 Å². The molecule has 0 radical (unpaired) electrons. The average molecular weight is 607 g/mol. The molecule has 178 valence electrons. The molecule has 3 aromatic rings. The summed E-state index contributed by atoms with van der Waals surface area (Å²) in [6.07, 6.45) is 0.720. The van der Waals surface area contributed by atoms with Gasteiger partial charge in [-0.05, 0) is 57.2 Å². The Bertz CT molecular complexity index is 1260. The molecule has 1 aliphatic heterocycles. The number of halogens is 2. The molecule has 0 unspecified atom stereocenters. The van der Waals surface area contributed by atoms with Gasteiger partial charge in [-0.3, -0.25) is 0 Å². The number of hydrogen-bond acceptors (Lipinski definition) is 3. The van der Waals surface area contributed by atoms with Gasteiger partial charge in [0.05, 0.1) is 4.90 Å². The van der Waals surface area contributed by atoms with Crippen molar-refractivity contribution in [3.8, 4) is 11.1 Å². The Kier molecular flexibility index (Phi) is 8.08. The molecular formula is C25H25Br2N3O3S. The number of nitrogens with one attached hydrogen (secondary N) is 1. The lowest BCUT2D eigenvalue weighted by atomic mass is 10.0. The van der Waals surface area contributed by atoms with Crippen LogP contribution in [0.15, 0.2) is 86.6 Å². The van der Waals surface area contributed by atoms with Crippen molar-refractivity contribution in [1.82, 2.24) is 14.5 Å². The van der Waals surface area contributed by atoms with Gasteiger partial charge in [0.2, 0.25) is 10.0 Å². The predicted molar refractivity (Wildman–Crippen MR) is 141 cm³/mol. The maximum Gasteiger partial charge on any atom is 0.317 e. The van der Waals surface area contributed by atoms with Gasteiger partial charge in [-0.2, -0.15) is 4.31 Å². The van der Waals surface area contributed by atoms with Crippen molar-refractivity contribution in [3.05, 3.63) is 87.3 Å². The minimum absolute atomic E-state index is 0.167. The maximum atomic E-state index is 13.1. The van der Waals surface area contributed by atoms with Crippen LogP contribution in [-0.2, 0) is 16.4 Å². The van der Waals surface area contributed by atoms with E-state index in [1.807, 2.05) is 24.3 Å². The van der Waals surface area contributed by atoms with Crippen LogP contribution < -0.4 is 5.32 Å². The second-order valence-electron chi connectivity index (χ2n) is 8.01. The second-order valence-corrected chi connectivity index (χ2v) is 11.7. The minimum Gasteiger partial charge on any atom is -0.338 e. The molecule has 1 saturated heterocycles. The summed E-state index contributed by atoms with van der Waals surface area (Å²) in [5, 5.41) is 2.97. The number of nitrogens with zero attached hydrogens (tertiary/aromatic N) is 2. The predicted octanol–water partition coefficient (Wildman–Crippen LogP) is 5.14. The number of rotatable bonds is 6. The van der Waals surface area contributed by atoms with Crippen LogP contribution in [0, 0.1) is 0 Å². The first-order valence-electron chi connectivity index (χ1n) is 11.0. The number of amides is 2. The van der Waals surface area contributed by atoms with Crippen LogP contribution in [0.4, 0.5) is 4.79 Å². The van der Waals surface area contributed by atoms with Gasteiger partial charge in [0.15, 0.2) is 0 Å². The molecule has 6 nitrogen and oxygen atoms in total. The number of urea groups is 1. The lowest BCUT2D eigenvalue weighted by Crippen LogP contribution is -2.53. The SMILES string of the molecule is O=C(NCCc1cccc(-c2ccccc2)c1)N1CCN(S(=O)(=O)c2cc(Br)ccc2Br)CC1. The summed E-state index contributed by atoms with van der Waals surface area (Å²) in [4.78, 5) is 14.5. The Morgan fingerprint density at radius 3 is 2.29 bits per heavy atom. The van der Waals surface area contributed by atoms with Crippen molar-refractivity contribution >= 4 is 47.9 Å². The molecular weight excluding hydrogens is 582 g/mol. The molecule has 2 amide bonds. The van der Waals surface area contributed by atoms with Crippen molar-refractivity contribution in [1.29, 1.82) is 0 Å². The van der Waals surface area contributed by atoms with E-state index in [0.29, 0.717) is 28.6 Å². The molecule has 0 bridgehead atoms. The van der Waals surface area contributed by atoms with Gasteiger partial charge in [-0.15, -0.1) is 0 Å². The largest absolute Gasteiger partial charge is 0.338 e. The van der Waals surface area contributed by atoms with Crippen molar-refractivity contribution < 1.29 is 13.2 Å². The molecule has 4 rings (SSSR count). The first-order valence-corrected chi connectivity index (χ1v) is 14.0. The molecule has 0 saturated carbocycles. The smallest absolute Gasteiger partial charge is 0.317 e. The molecule has 1 aliphatic rings. The van der Waals surface area contributed by atoms with Crippen LogP contribution in [0.25, 0.3) is 11.1 Å². The first-order chi connectivity index (χ1) is 16.3. The summed E-state index contributed by atoms with van der Waals surface area (Å²) in [7, 11) is -3.65. The van der Waals surface area contributed by atoms with Crippen molar-refractivity contribution in [3.63, 3.8) is 0 Å². The van der Waals surface area contributed by atoms with Gasteiger partial charge in [0, 0.05) is 41.7 Å². The van der Waals surface area contributed by atoms with Crippen molar-refractivity contribution in [2.75, 3.05) is 32.7 Å². The van der Waals surface area contributed by atoms with E-state index in [2.05, 4.69) is 67.5 Å². The fraction of sp³-hybridized carbons (Fsp3) is 0.240. The van der Waals surface area contributed by atoms with Crippen LogP contribution in [0.3, 0.4) is 0 Å². The van der Waals surface area contributed by atoms with E-state index in [1.54, 1.807) is 23.1 Å². The van der Waals surface area contributed by atoms with Crippen LogP contribution in [-0.4, -0.2) is 56.4 Å². The van der Waals surface area contributed by atoms with E-state index in [4.69, 9.17) is 0 Å². The normalized spacial score (nSPS) is 14.7. The molecule has 3 aromatic carbocycles. The van der Waals surface area contributed by atoms with Gasteiger partial charge in [-0.1, -0.05) is 70.5 Å². The van der Waals surface area contributed by atoms with E-state index in [9.17, 15) is 13.2 Å². The van der Waals surface area contributed by atoms with Crippen LogP contribution >= 0.6 is 31.9 Å². The second kappa shape index (κ2) is 11.0. The molecule has 34 heavy (non-hydrogen) atoms. The number of sulfonamides is 1. The minimum atomic E-state index is -3.65. The summed E-state index contributed by atoms with van der Waals surface area (Å²) in [5.41, 5.74) is 3.46. The van der Waals surface area contributed by atoms with E-state index in [1.165, 1.54) is 4.31 Å². The first kappa shape index (κ1) is 24.9. The Balaban J connectivity index is 1.29. The van der Waals surface area contributed by atoms with Crippen molar-refractivity contribution in [2.24, 2.45) is 0 Å². The summed E-state index contributed by atoms with van der Waals surface area (Å²) in [6, 6.07) is 23.4. The quantitative estimate of drug-likeness (QED) is 0.423. The van der Waals surface area contributed by atoms with Gasteiger partial charge < -0.3 is 10.2 Å². The molecule has 1 fully saturated rings. The lowest BCUT2D eigenvalue weighted by Gasteiger charge is -2.34. The number of benzene rings is 3. The standard InChI is InChI=1S/C25H25Br2N3O3S/c26-22-9-10-23(27)24(18-22)34(32,33)30-15-13-29(14-16-30)25(31)28-12-11-19-5-4-8-21(17-19)20-6-2-1-3-7-20/h1-10,17-18H,11-16H2,(H,28,31). The van der Waals surface area contributed by atoms with Gasteiger partial charge in [-0.25, -0.2) is 13.2 Å². The Labute approximate surface area is 217 Å².